The molecule has 4 atom stereocenters. The first kappa shape index (κ1) is 13.4. The number of halogens is 1. The van der Waals surface area contributed by atoms with Crippen molar-refractivity contribution in [2.45, 2.75) is 57.8 Å². The van der Waals surface area contributed by atoms with Crippen LogP contribution in [-0.2, 0) is 11.8 Å². The van der Waals surface area contributed by atoms with Gasteiger partial charge in [-0.1, -0.05) is 48.0 Å². The fraction of sp³-hybridized carbons (Fsp3) is 0.684. The molecule has 0 aromatic heterocycles. The van der Waals surface area contributed by atoms with Gasteiger partial charge in [0.05, 0.1) is 0 Å². The summed E-state index contributed by atoms with van der Waals surface area (Å²) in [5.74, 6) is 3.79. The Kier molecular flexibility index (Phi) is 3.07. The molecule has 0 aliphatic heterocycles. The van der Waals surface area contributed by atoms with Gasteiger partial charge in [-0.3, -0.25) is 0 Å². The van der Waals surface area contributed by atoms with Crippen LogP contribution in [0.1, 0.15) is 57.1 Å². The lowest BCUT2D eigenvalue weighted by Gasteiger charge is -2.35. The Bertz CT molecular complexity index is 517. The van der Waals surface area contributed by atoms with Crippen LogP contribution in [0.15, 0.2) is 22.7 Å². The van der Waals surface area contributed by atoms with Gasteiger partial charge < -0.3 is 0 Å². The molecule has 5 rings (SSSR count). The van der Waals surface area contributed by atoms with Gasteiger partial charge in [-0.15, -0.1) is 0 Å². The van der Waals surface area contributed by atoms with Gasteiger partial charge in [0.2, 0.25) is 0 Å². The van der Waals surface area contributed by atoms with E-state index in [0.717, 1.165) is 23.7 Å². The van der Waals surface area contributed by atoms with Gasteiger partial charge in [-0.05, 0) is 78.7 Å². The predicted molar refractivity (Wildman–Crippen MR) is 87.9 cm³/mol. The molecule has 4 saturated carbocycles. The molecule has 0 radical (unpaired) electrons. The molecular formula is C19H25Br. The zero-order valence-electron chi connectivity index (χ0n) is 12.7. The summed E-state index contributed by atoms with van der Waals surface area (Å²) in [5, 5.41) is 0. The highest BCUT2D eigenvalue weighted by molar-refractivity contribution is 9.10. The smallest absolute Gasteiger partial charge is 0.0245 e. The van der Waals surface area contributed by atoms with Crippen LogP contribution in [0.5, 0.6) is 0 Å². The van der Waals surface area contributed by atoms with E-state index in [9.17, 15) is 0 Å². The molecule has 1 aromatic carbocycles. The standard InChI is InChI=1S/C19H25Br/c1-12(2)6-15-4-3-5-17(18(15)20)19-10-13-7-14(11-19)9-16(19)8-13/h3-5,12-14,16H,6-11H2,1-2H3/t13-,14?,16?,19?/m1/s1. The van der Waals surface area contributed by atoms with Crippen LogP contribution in [0.4, 0.5) is 0 Å². The molecule has 20 heavy (non-hydrogen) atoms. The lowest BCUT2D eigenvalue weighted by molar-refractivity contribution is 0.266. The van der Waals surface area contributed by atoms with Crippen LogP contribution in [0, 0.1) is 23.7 Å². The lowest BCUT2D eigenvalue weighted by Crippen LogP contribution is -2.28. The van der Waals surface area contributed by atoms with Crippen molar-refractivity contribution in [2.75, 3.05) is 0 Å². The zero-order chi connectivity index (χ0) is 13.9. The van der Waals surface area contributed by atoms with E-state index in [4.69, 9.17) is 0 Å². The Morgan fingerprint density at radius 2 is 1.85 bits per heavy atom. The molecule has 0 heterocycles. The van der Waals surface area contributed by atoms with E-state index in [0.29, 0.717) is 5.41 Å². The minimum absolute atomic E-state index is 0.541. The van der Waals surface area contributed by atoms with Gasteiger partial charge in [0.1, 0.15) is 0 Å². The first-order chi connectivity index (χ1) is 9.58. The second kappa shape index (κ2) is 4.60. The molecule has 0 nitrogen and oxygen atoms in total. The second-order valence-corrected chi connectivity index (χ2v) is 8.87. The molecule has 0 N–H and O–H groups in total. The molecule has 1 aromatic rings. The Hall–Kier alpha value is -0.300. The quantitative estimate of drug-likeness (QED) is 0.663. The maximum Gasteiger partial charge on any atom is 0.0245 e. The summed E-state index contributed by atoms with van der Waals surface area (Å²) in [6, 6.07) is 7.06. The van der Waals surface area contributed by atoms with E-state index < -0.39 is 0 Å². The van der Waals surface area contributed by atoms with Crippen molar-refractivity contribution in [3.05, 3.63) is 33.8 Å². The molecular weight excluding hydrogens is 308 g/mol. The van der Waals surface area contributed by atoms with Crippen molar-refractivity contribution in [2.24, 2.45) is 23.7 Å². The summed E-state index contributed by atoms with van der Waals surface area (Å²) in [7, 11) is 0. The maximum atomic E-state index is 3.99. The van der Waals surface area contributed by atoms with E-state index >= 15 is 0 Å². The Morgan fingerprint density at radius 1 is 1.15 bits per heavy atom. The summed E-state index contributed by atoms with van der Waals surface area (Å²) in [6.07, 6.45) is 8.69. The highest BCUT2D eigenvalue weighted by Gasteiger charge is 2.58. The fourth-order valence-corrected chi connectivity index (χ4v) is 6.62. The van der Waals surface area contributed by atoms with Gasteiger partial charge in [-0.25, -0.2) is 0 Å². The minimum atomic E-state index is 0.541. The van der Waals surface area contributed by atoms with E-state index in [1.165, 1.54) is 48.6 Å². The lowest BCUT2D eigenvalue weighted by atomic mass is 9.70. The number of hydrogen-bond acceptors (Lipinski definition) is 0. The van der Waals surface area contributed by atoms with Crippen LogP contribution < -0.4 is 0 Å². The molecule has 4 fully saturated rings. The fourth-order valence-electron chi connectivity index (χ4n) is 5.80. The Morgan fingerprint density at radius 3 is 2.50 bits per heavy atom. The Labute approximate surface area is 131 Å². The largest absolute Gasteiger partial charge is 0.0625 e. The molecule has 1 heteroatoms. The van der Waals surface area contributed by atoms with E-state index in [2.05, 4.69) is 48.0 Å². The van der Waals surface area contributed by atoms with Gasteiger partial charge in [0.25, 0.3) is 0 Å². The summed E-state index contributed by atoms with van der Waals surface area (Å²) in [4.78, 5) is 0. The molecule has 108 valence electrons. The normalized spacial score (nSPS) is 38.1. The SMILES string of the molecule is CC(C)Cc1cccc(C23CC4CC2C[C@@H](C4)C3)c1Br. The van der Waals surface area contributed by atoms with Gasteiger partial charge in [0, 0.05) is 4.47 Å². The van der Waals surface area contributed by atoms with Crippen molar-refractivity contribution < 1.29 is 0 Å². The summed E-state index contributed by atoms with van der Waals surface area (Å²) in [6.45, 7) is 4.64. The predicted octanol–water partition coefficient (Wildman–Crippen LogP) is 5.73. The highest BCUT2D eigenvalue weighted by Crippen LogP contribution is 2.66. The topological polar surface area (TPSA) is 0 Å². The van der Waals surface area contributed by atoms with Crippen molar-refractivity contribution in [1.82, 2.24) is 0 Å². The molecule has 3 unspecified atom stereocenters. The minimum Gasteiger partial charge on any atom is -0.0625 e. The second-order valence-electron chi connectivity index (χ2n) is 8.08. The van der Waals surface area contributed by atoms with Crippen LogP contribution in [0.2, 0.25) is 0 Å². The highest BCUT2D eigenvalue weighted by atomic mass is 79.9. The molecule has 4 bridgehead atoms. The summed E-state index contributed by atoms with van der Waals surface area (Å²) >= 11 is 3.99. The van der Waals surface area contributed by atoms with E-state index in [1.54, 1.807) is 5.56 Å². The molecule has 0 saturated heterocycles. The summed E-state index contributed by atoms with van der Waals surface area (Å²) < 4.78 is 1.45. The first-order valence-electron chi connectivity index (χ1n) is 8.36. The third-order valence-electron chi connectivity index (χ3n) is 6.23. The summed E-state index contributed by atoms with van der Waals surface area (Å²) in [5.41, 5.74) is 3.72. The molecule has 4 aliphatic carbocycles. The van der Waals surface area contributed by atoms with Crippen molar-refractivity contribution in [1.29, 1.82) is 0 Å². The monoisotopic (exact) mass is 332 g/mol. The van der Waals surface area contributed by atoms with E-state index in [-0.39, 0.29) is 0 Å². The van der Waals surface area contributed by atoms with Gasteiger partial charge >= 0.3 is 0 Å². The average molecular weight is 333 g/mol. The third-order valence-corrected chi connectivity index (χ3v) is 7.17. The number of benzene rings is 1. The van der Waals surface area contributed by atoms with Gasteiger partial charge in [0.15, 0.2) is 0 Å². The van der Waals surface area contributed by atoms with Crippen molar-refractivity contribution in [3.8, 4) is 0 Å². The third kappa shape index (κ3) is 1.85. The van der Waals surface area contributed by atoms with Crippen LogP contribution in [-0.4, -0.2) is 0 Å². The van der Waals surface area contributed by atoms with Crippen LogP contribution in [0.25, 0.3) is 0 Å². The van der Waals surface area contributed by atoms with Crippen molar-refractivity contribution in [3.63, 3.8) is 0 Å². The number of hydrogen-bond donors (Lipinski definition) is 0. The average Bonchev–Trinajstić information content (AvgIpc) is 2.77. The first-order valence-corrected chi connectivity index (χ1v) is 9.15. The Balaban J connectivity index is 1.76. The molecule has 0 amide bonds. The van der Waals surface area contributed by atoms with Crippen LogP contribution >= 0.6 is 15.9 Å². The maximum absolute atomic E-state index is 3.99. The van der Waals surface area contributed by atoms with Gasteiger partial charge in [-0.2, -0.15) is 0 Å². The number of rotatable bonds is 3. The molecule has 0 spiro atoms. The molecule has 4 aliphatic rings. The zero-order valence-corrected chi connectivity index (χ0v) is 14.2. The van der Waals surface area contributed by atoms with Crippen LogP contribution in [0.3, 0.4) is 0 Å². The van der Waals surface area contributed by atoms with E-state index in [1.807, 2.05) is 0 Å². The van der Waals surface area contributed by atoms with Crippen molar-refractivity contribution >= 4 is 15.9 Å².